The summed E-state index contributed by atoms with van der Waals surface area (Å²) in [5.41, 5.74) is 2.41. The maximum atomic E-state index is 12.6. The fraction of sp³-hybridized carbons (Fsp3) is 0.409. The number of hydrogen-bond donors (Lipinski definition) is 1. The molecule has 24 heavy (non-hydrogen) atoms. The zero-order chi connectivity index (χ0) is 16.8. The molecule has 1 aliphatic carbocycles. The van der Waals surface area contributed by atoms with Crippen molar-refractivity contribution in [3.63, 3.8) is 0 Å². The molecule has 0 radical (unpaired) electrons. The molecular formula is C22H27NO. The number of hydrogen-bond acceptors (Lipinski definition) is 1. The van der Waals surface area contributed by atoms with Gasteiger partial charge in [-0.25, -0.2) is 0 Å². The maximum Gasteiger partial charge on any atom is 0.221 e. The van der Waals surface area contributed by atoms with Gasteiger partial charge in [0.1, 0.15) is 0 Å². The summed E-state index contributed by atoms with van der Waals surface area (Å²) in [6.07, 6.45) is 5.21. The Morgan fingerprint density at radius 2 is 1.42 bits per heavy atom. The SMILES string of the molecule is CC1CCC(NC(=O)CC(c2ccccc2)c2ccccc2)CC1. The third-order valence-electron chi connectivity index (χ3n) is 5.17. The van der Waals surface area contributed by atoms with E-state index >= 15 is 0 Å². The highest BCUT2D eigenvalue weighted by Gasteiger charge is 2.22. The second-order valence-electron chi connectivity index (χ2n) is 7.10. The van der Waals surface area contributed by atoms with Crippen molar-refractivity contribution in [2.75, 3.05) is 0 Å². The minimum absolute atomic E-state index is 0.120. The predicted molar refractivity (Wildman–Crippen MR) is 98.9 cm³/mol. The van der Waals surface area contributed by atoms with E-state index in [9.17, 15) is 4.79 Å². The molecule has 0 bridgehead atoms. The van der Waals surface area contributed by atoms with E-state index in [0.717, 1.165) is 18.8 Å². The monoisotopic (exact) mass is 321 g/mol. The van der Waals surface area contributed by atoms with Gasteiger partial charge in [0.05, 0.1) is 0 Å². The normalized spacial score (nSPS) is 20.8. The van der Waals surface area contributed by atoms with E-state index in [-0.39, 0.29) is 11.8 Å². The number of carbonyl (C=O) groups excluding carboxylic acids is 1. The minimum atomic E-state index is 0.120. The highest BCUT2D eigenvalue weighted by Crippen LogP contribution is 2.28. The first-order valence-electron chi connectivity index (χ1n) is 9.11. The minimum Gasteiger partial charge on any atom is -0.353 e. The Morgan fingerprint density at radius 3 is 1.92 bits per heavy atom. The van der Waals surface area contributed by atoms with Gasteiger partial charge in [-0.2, -0.15) is 0 Å². The molecule has 0 heterocycles. The van der Waals surface area contributed by atoms with Crippen LogP contribution in [-0.4, -0.2) is 11.9 Å². The molecule has 0 unspecified atom stereocenters. The van der Waals surface area contributed by atoms with Crippen molar-refractivity contribution in [3.05, 3.63) is 71.8 Å². The first-order chi connectivity index (χ1) is 11.7. The molecule has 1 N–H and O–H groups in total. The standard InChI is InChI=1S/C22H27NO/c1-17-12-14-20(15-13-17)23-22(24)16-21(18-8-4-2-5-9-18)19-10-6-3-7-11-19/h2-11,17,20-21H,12-16H2,1H3,(H,23,24). The second kappa shape index (κ2) is 8.14. The number of benzene rings is 2. The lowest BCUT2D eigenvalue weighted by molar-refractivity contribution is -0.122. The Morgan fingerprint density at radius 1 is 0.917 bits per heavy atom. The third kappa shape index (κ3) is 4.47. The van der Waals surface area contributed by atoms with Crippen molar-refractivity contribution in [3.8, 4) is 0 Å². The molecule has 3 rings (SSSR count). The lowest BCUT2D eigenvalue weighted by Crippen LogP contribution is -2.38. The lowest BCUT2D eigenvalue weighted by Gasteiger charge is -2.27. The van der Waals surface area contributed by atoms with Crippen molar-refractivity contribution in [1.82, 2.24) is 5.32 Å². The summed E-state index contributed by atoms with van der Waals surface area (Å²) < 4.78 is 0. The molecule has 0 saturated heterocycles. The summed E-state index contributed by atoms with van der Waals surface area (Å²) >= 11 is 0. The Hall–Kier alpha value is -2.09. The molecule has 2 aromatic carbocycles. The molecule has 1 amide bonds. The van der Waals surface area contributed by atoms with Crippen LogP contribution < -0.4 is 5.32 Å². The molecule has 126 valence electrons. The first kappa shape index (κ1) is 16.8. The topological polar surface area (TPSA) is 29.1 Å². The fourth-order valence-electron chi connectivity index (χ4n) is 3.68. The number of rotatable bonds is 5. The van der Waals surface area contributed by atoms with E-state index in [0.29, 0.717) is 12.5 Å². The van der Waals surface area contributed by atoms with E-state index in [1.807, 2.05) is 36.4 Å². The summed E-state index contributed by atoms with van der Waals surface area (Å²) in [6.45, 7) is 2.30. The maximum absolute atomic E-state index is 12.6. The molecule has 2 heteroatoms. The number of carbonyl (C=O) groups is 1. The van der Waals surface area contributed by atoms with E-state index in [1.165, 1.54) is 24.0 Å². The van der Waals surface area contributed by atoms with Gasteiger partial charge in [-0.3, -0.25) is 4.79 Å². The quantitative estimate of drug-likeness (QED) is 0.833. The van der Waals surface area contributed by atoms with Crippen LogP contribution in [-0.2, 0) is 4.79 Å². The van der Waals surface area contributed by atoms with Crippen molar-refractivity contribution >= 4 is 5.91 Å². The highest BCUT2D eigenvalue weighted by atomic mass is 16.1. The average Bonchev–Trinajstić information content (AvgIpc) is 2.63. The van der Waals surface area contributed by atoms with Gasteiger partial charge in [0.15, 0.2) is 0 Å². The van der Waals surface area contributed by atoms with Crippen LogP contribution in [0, 0.1) is 5.92 Å². The van der Waals surface area contributed by atoms with Crippen LogP contribution in [0.4, 0.5) is 0 Å². The number of amides is 1. The van der Waals surface area contributed by atoms with Gasteiger partial charge in [0.25, 0.3) is 0 Å². The average molecular weight is 321 g/mol. The van der Waals surface area contributed by atoms with Crippen molar-refractivity contribution in [2.45, 2.75) is 51.0 Å². The first-order valence-corrected chi connectivity index (χ1v) is 9.11. The van der Waals surface area contributed by atoms with E-state index < -0.39 is 0 Å². The van der Waals surface area contributed by atoms with Crippen LogP contribution in [0.1, 0.15) is 56.1 Å². The molecule has 0 spiro atoms. The molecule has 0 atom stereocenters. The van der Waals surface area contributed by atoms with Crippen LogP contribution in [0.2, 0.25) is 0 Å². The van der Waals surface area contributed by atoms with Crippen LogP contribution in [0.3, 0.4) is 0 Å². The van der Waals surface area contributed by atoms with E-state index in [2.05, 4.69) is 36.5 Å². The fourth-order valence-corrected chi connectivity index (χ4v) is 3.68. The van der Waals surface area contributed by atoms with Crippen LogP contribution >= 0.6 is 0 Å². The predicted octanol–water partition coefficient (Wildman–Crippen LogP) is 4.90. The molecule has 2 nitrogen and oxygen atoms in total. The summed E-state index contributed by atoms with van der Waals surface area (Å²) in [7, 11) is 0. The van der Waals surface area contributed by atoms with Gasteiger partial charge in [0, 0.05) is 18.4 Å². The Bertz CT molecular complexity index is 590. The Balaban J connectivity index is 1.69. The second-order valence-corrected chi connectivity index (χ2v) is 7.10. The smallest absolute Gasteiger partial charge is 0.221 e. The Labute approximate surface area is 145 Å². The molecule has 2 aromatic rings. The molecule has 1 fully saturated rings. The lowest BCUT2D eigenvalue weighted by atomic mass is 9.86. The van der Waals surface area contributed by atoms with Gasteiger partial charge in [-0.05, 0) is 42.7 Å². The summed E-state index contributed by atoms with van der Waals surface area (Å²) in [5.74, 6) is 1.10. The molecule has 0 aliphatic heterocycles. The van der Waals surface area contributed by atoms with Gasteiger partial charge >= 0.3 is 0 Å². The summed E-state index contributed by atoms with van der Waals surface area (Å²) in [5, 5.41) is 3.27. The molecular weight excluding hydrogens is 294 g/mol. The molecule has 1 saturated carbocycles. The Kier molecular flexibility index (Phi) is 5.68. The van der Waals surface area contributed by atoms with E-state index in [4.69, 9.17) is 0 Å². The largest absolute Gasteiger partial charge is 0.353 e. The van der Waals surface area contributed by atoms with Gasteiger partial charge in [-0.15, -0.1) is 0 Å². The van der Waals surface area contributed by atoms with Crippen LogP contribution in [0.15, 0.2) is 60.7 Å². The van der Waals surface area contributed by atoms with Crippen molar-refractivity contribution in [2.24, 2.45) is 5.92 Å². The van der Waals surface area contributed by atoms with Gasteiger partial charge in [-0.1, -0.05) is 67.6 Å². The van der Waals surface area contributed by atoms with Crippen LogP contribution in [0.5, 0.6) is 0 Å². The zero-order valence-corrected chi connectivity index (χ0v) is 14.4. The van der Waals surface area contributed by atoms with Crippen molar-refractivity contribution in [1.29, 1.82) is 0 Å². The van der Waals surface area contributed by atoms with Gasteiger partial charge < -0.3 is 5.32 Å². The third-order valence-corrected chi connectivity index (χ3v) is 5.17. The zero-order valence-electron chi connectivity index (χ0n) is 14.4. The van der Waals surface area contributed by atoms with E-state index in [1.54, 1.807) is 0 Å². The highest BCUT2D eigenvalue weighted by molar-refractivity contribution is 5.78. The van der Waals surface area contributed by atoms with Crippen molar-refractivity contribution < 1.29 is 4.79 Å². The molecule has 1 aliphatic rings. The number of nitrogens with one attached hydrogen (secondary N) is 1. The molecule has 0 aromatic heterocycles. The summed E-state index contributed by atoms with van der Waals surface area (Å²) in [4.78, 5) is 12.6. The summed E-state index contributed by atoms with van der Waals surface area (Å²) in [6, 6.07) is 21.1. The van der Waals surface area contributed by atoms with Gasteiger partial charge in [0.2, 0.25) is 5.91 Å². The van der Waals surface area contributed by atoms with Crippen LogP contribution in [0.25, 0.3) is 0 Å².